The van der Waals surface area contributed by atoms with Crippen molar-refractivity contribution in [2.45, 2.75) is 20.4 Å². The van der Waals surface area contributed by atoms with Crippen molar-refractivity contribution in [2.75, 3.05) is 5.32 Å². The summed E-state index contributed by atoms with van der Waals surface area (Å²) < 4.78 is 7.07. The van der Waals surface area contributed by atoms with Crippen LogP contribution in [0, 0.1) is 13.8 Å². The first-order chi connectivity index (χ1) is 10.2. The molecule has 1 N–H and O–H groups in total. The highest BCUT2D eigenvalue weighted by atomic mass is 35.5. The van der Waals surface area contributed by atoms with Crippen LogP contribution < -0.4 is 5.32 Å². The monoisotopic (exact) mass is 302 g/mol. The minimum Gasteiger partial charge on any atom is -0.379 e. The minimum atomic E-state index is 0.628. The predicted octanol–water partition coefficient (Wildman–Crippen LogP) is 3.74. The molecule has 0 radical (unpaired) electrons. The van der Waals surface area contributed by atoms with E-state index in [-0.39, 0.29) is 0 Å². The predicted molar refractivity (Wildman–Crippen MR) is 81.9 cm³/mol. The number of nitrogens with one attached hydrogen (secondary N) is 1. The molecule has 0 fully saturated rings. The van der Waals surface area contributed by atoms with Gasteiger partial charge >= 0.3 is 0 Å². The molecule has 21 heavy (non-hydrogen) atoms. The molecule has 0 saturated heterocycles. The van der Waals surface area contributed by atoms with Gasteiger partial charge in [-0.1, -0.05) is 22.8 Å². The lowest BCUT2D eigenvalue weighted by molar-refractivity contribution is 0.392. The lowest BCUT2D eigenvalue weighted by Crippen LogP contribution is -2.05. The quantitative estimate of drug-likeness (QED) is 0.797. The highest BCUT2D eigenvalue weighted by molar-refractivity contribution is 6.33. The van der Waals surface area contributed by atoms with Gasteiger partial charge in [-0.25, -0.2) is 4.98 Å². The summed E-state index contributed by atoms with van der Waals surface area (Å²) in [7, 11) is 0. The van der Waals surface area contributed by atoms with E-state index in [0.717, 1.165) is 28.4 Å². The zero-order chi connectivity index (χ0) is 14.8. The van der Waals surface area contributed by atoms with E-state index in [9.17, 15) is 0 Å². The van der Waals surface area contributed by atoms with Gasteiger partial charge in [-0.05, 0) is 26.0 Å². The van der Waals surface area contributed by atoms with Crippen molar-refractivity contribution in [1.29, 1.82) is 0 Å². The number of benzene rings is 1. The summed E-state index contributed by atoms with van der Waals surface area (Å²) in [6.07, 6.45) is 5.31. The fourth-order valence-electron chi connectivity index (χ4n) is 2.25. The first kappa shape index (κ1) is 13.7. The molecular weight excluding hydrogens is 288 g/mol. The molecule has 0 spiro atoms. The molecule has 3 aromatic rings. The van der Waals surface area contributed by atoms with Crippen LogP contribution in [0.2, 0.25) is 5.02 Å². The number of rotatable bonds is 4. The molecule has 0 aliphatic heterocycles. The van der Waals surface area contributed by atoms with E-state index in [2.05, 4.69) is 15.5 Å². The third kappa shape index (κ3) is 2.64. The molecule has 2 aromatic heterocycles. The van der Waals surface area contributed by atoms with E-state index >= 15 is 0 Å². The summed E-state index contributed by atoms with van der Waals surface area (Å²) in [6.45, 7) is 4.47. The summed E-state index contributed by atoms with van der Waals surface area (Å²) in [5.41, 5.74) is 3.77. The maximum Gasteiger partial charge on any atom is 0.138 e. The molecular formula is C15H15ClN4O. The van der Waals surface area contributed by atoms with Gasteiger partial charge in [-0.15, -0.1) is 0 Å². The van der Waals surface area contributed by atoms with Gasteiger partial charge in [0.15, 0.2) is 0 Å². The first-order valence-corrected chi connectivity index (χ1v) is 6.97. The second kappa shape index (κ2) is 5.61. The molecule has 2 heterocycles. The molecule has 5 nitrogen and oxygen atoms in total. The van der Waals surface area contributed by atoms with Crippen molar-refractivity contribution >= 4 is 17.3 Å². The van der Waals surface area contributed by atoms with E-state index in [4.69, 9.17) is 16.1 Å². The number of halogens is 1. The van der Waals surface area contributed by atoms with Crippen molar-refractivity contribution in [3.8, 4) is 5.69 Å². The Labute approximate surface area is 127 Å². The SMILES string of the molecule is Cc1noc(C)c1CNc1cccc(Cl)c1-n1ccnc1. The summed E-state index contributed by atoms with van der Waals surface area (Å²) in [5, 5.41) is 8.02. The standard InChI is InChI=1S/C15H15ClN4O/c1-10-12(11(2)21-19-10)8-18-14-5-3-4-13(16)15(14)20-7-6-17-9-20/h3-7,9,18H,8H2,1-2H3. The van der Waals surface area contributed by atoms with Gasteiger partial charge in [-0.3, -0.25) is 0 Å². The van der Waals surface area contributed by atoms with Crippen LogP contribution in [0.25, 0.3) is 5.69 Å². The van der Waals surface area contributed by atoms with E-state index in [1.807, 2.05) is 42.8 Å². The number of hydrogen-bond acceptors (Lipinski definition) is 4. The van der Waals surface area contributed by atoms with Gasteiger partial charge < -0.3 is 14.4 Å². The van der Waals surface area contributed by atoms with Gasteiger partial charge in [0.2, 0.25) is 0 Å². The van der Waals surface area contributed by atoms with Crippen LogP contribution in [0.5, 0.6) is 0 Å². The molecule has 6 heteroatoms. The average Bonchev–Trinajstić information content (AvgIpc) is 3.08. The lowest BCUT2D eigenvalue weighted by atomic mass is 10.2. The largest absolute Gasteiger partial charge is 0.379 e. The molecule has 0 amide bonds. The Morgan fingerprint density at radius 1 is 1.33 bits per heavy atom. The van der Waals surface area contributed by atoms with Crippen molar-refractivity contribution in [3.05, 3.63) is 59.0 Å². The third-order valence-electron chi connectivity index (χ3n) is 3.39. The van der Waals surface area contributed by atoms with Gasteiger partial charge in [0.25, 0.3) is 0 Å². The van der Waals surface area contributed by atoms with Crippen LogP contribution in [0.4, 0.5) is 5.69 Å². The average molecular weight is 303 g/mol. The highest BCUT2D eigenvalue weighted by Gasteiger charge is 2.12. The van der Waals surface area contributed by atoms with Crippen molar-refractivity contribution in [1.82, 2.24) is 14.7 Å². The molecule has 0 unspecified atom stereocenters. The van der Waals surface area contributed by atoms with Crippen LogP contribution in [0.3, 0.4) is 0 Å². The smallest absolute Gasteiger partial charge is 0.138 e. The fraction of sp³-hybridized carbons (Fsp3) is 0.200. The molecule has 0 saturated carbocycles. The Balaban J connectivity index is 1.91. The zero-order valence-corrected chi connectivity index (χ0v) is 12.6. The number of anilines is 1. The topological polar surface area (TPSA) is 55.9 Å². The first-order valence-electron chi connectivity index (χ1n) is 6.59. The summed E-state index contributed by atoms with van der Waals surface area (Å²) in [5.74, 6) is 0.825. The number of aromatic nitrogens is 3. The molecule has 108 valence electrons. The van der Waals surface area contributed by atoms with Crippen molar-refractivity contribution in [3.63, 3.8) is 0 Å². The fourth-order valence-corrected chi connectivity index (χ4v) is 2.52. The second-order valence-corrected chi connectivity index (χ2v) is 5.17. The Hall–Kier alpha value is -2.27. The summed E-state index contributed by atoms with van der Waals surface area (Å²) in [6, 6.07) is 5.76. The minimum absolute atomic E-state index is 0.628. The number of hydrogen-bond donors (Lipinski definition) is 1. The Kier molecular flexibility index (Phi) is 3.66. The van der Waals surface area contributed by atoms with E-state index in [1.54, 1.807) is 12.5 Å². The maximum absolute atomic E-state index is 6.32. The lowest BCUT2D eigenvalue weighted by Gasteiger charge is -2.14. The van der Waals surface area contributed by atoms with E-state index < -0.39 is 0 Å². The van der Waals surface area contributed by atoms with Crippen LogP contribution in [-0.4, -0.2) is 14.7 Å². The van der Waals surface area contributed by atoms with Gasteiger partial charge in [-0.2, -0.15) is 0 Å². The summed E-state index contributed by atoms with van der Waals surface area (Å²) >= 11 is 6.32. The van der Waals surface area contributed by atoms with Gasteiger partial charge in [0, 0.05) is 24.5 Å². The Morgan fingerprint density at radius 3 is 2.86 bits per heavy atom. The Morgan fingerprint density at radius 2 is 2.19 bits per heavy atom. The zero-order valence-electron chi connectivity index (χ0n) is 11.8. The number of nitrogens with zero attached hydrogens (tertiary/aromatic N) is 3. The molecule has 1 aromatic carbocycles. The molecule has 0 aliphatic carbocycles. The molecule has 3 rings (SSSR count). The normalized spacial score (nSPS) is 10.8. The molecule has 0 atom stereocenters. The Bertz CT molecular complexity index is 730. The summed E-state index contributed by atoms with van der Waals surface area (Å²) in [4.78, 5) is 4.07. The van der Waals surface area contributed by atoms with Crippen LogP contribution in [0.15, 0.2) is 41.4 Å². The molecule has 0 bridgehead atoms. The van der Waals surface area contributed by atoms with E-state index in [1.165, 1.54) is 0 Å². The van der Waals surface area contributed by atoms with Gasteiger partial charge in [0.05, 0.1) is 28.4 Å². The molecule has 0 aliphatic rings. The van der Waals surface area contributed by atoms with Crippen LogP contribution in [0.1, 0.15) is 17.0 Å². The van der Waals surface area contributed by atoms with Crippen LogP contribution >= 0.6 is 11.6 Å². The second-order valence-electron chi connectivity index (χ2n) is 4.76. The number of para-hydroxylation sites is 1. The van der Waals surface area contributed by atoms with Crippen molar-refractivity contribution in [2.24, 2.45) is 0 Å². The maximum atomic E-state index is 6.32. The van der Waals surface area contributed by atoms with Gasteiger partial charge in [0.1, 0.15) is 5.76 Å². The number of imidazole rings is 1. The van der Waals surface area contributed by atoms with Crippen molar-refractivity contribution < 1.29 is 4.52 Å². The highest BCUT2D eigenvalue weighted by Crippen LogP contribution is 2.29. The number of aryl methyl sites for hydroxylation is 2. The van der Waals surface area contributed by atoms with E-state index in [0.29, 0.717) is 11.6 Å². The third-order valence-corrected chi connectivity index (χ3v) is 3.69. The van der Waals surface area contributed by atoms with Crippen LogP contribution in [-0.2, 0) is 6.54 Å².